The highest BCUT2D eigenvalue weighted by molar-refractivity contribution is 6.31. The lowest BCUT2D eigenvalue weighted by molar-refractivity contribution is -0.150. The molecule has 1 aromatic heterocycles. The molecule has 21 heavy (non-hydrogen) atoms. The Morgan fingerprint density at radius 2 is 2.19 bits per heavy atom. The van der Waals surface area contributed by atoms with Gasteiger partial charge in [-0.25, -0.2) is 0 Å². The lowest BCUT2D eigenvalue weighted by Crippen LogP contribution is -2.50. The SMILES string of the molecule is CCNC(C)(CCCCn1ncc(Cl)c1C)C(=O)OCC. The van der Waals surface area contributed by atoms with E-state index in [1.54, 1.807) is 6.20 Å². The quantitative estimate of drug-likeness (QED) is 0.562. The minimum Gasteiger partial charge on any atom is -0.465 e. The van der Waals surface area contributed by atoms with Gasteiger partial charge in [-0.3, -0.25) is 9.48 Å². The molecule has 1 rings (SSSR count). The number of aryl methyl sites for hydroxylation is 1. The summed E-state index contributed by atoms with van der Waals surface area (Å²) >= 11 is 5.98. The fraction of sp³-hybridized carbons (Fsp3) is 0.733. The molecule has 1 N–H and O–H groups in total. The normalized spacial score (nSPS) is 14.0. The van der Waals surface area contributed by atoms with Crippen LogP contribution in [0.15, 0.2) is 6.20 Å². The van der Waals surface area contributed by atoms with Gasteiger partial charge in [-0.1, -0.05) is 18.5 Å². The lowest BCUT2D eigenvalue weighted by Gasteiger charge is -2.28. The Kier molecular flexibility index (Phi) is 7.18. The van der Waals surface area contributed by atoms with Crippen LogP contribution in [0.1, 0.15) is 45.7 Å². The molecule has 0 fully saturated rings. The first-order valence-corrected chi connectivity index (χ1v) is 7.92. The minimum atomic E-state index is -0.610. The van der Waals surface area contributed by atoms with Gasteiger partial charge < -0.3 is 10.1 Å². The first-order valence-electron chi connectivity index (χ1n) is 7.54. The minimum absolute atomic E-state index is 0.176. The largest absolute Gasteiger partial charge is 0.465 e. The van der Waals surface area contributed by atoms with Crippen molar-refractivity contribution in [1.29, 1.82) is 0 Å². The second-order valence-corrected chi connectivity index (χ2v) is 5.75. The zero-order chi connectivity index (χ0) is 15.9. The molecule has 5 nitrogen and oxygen atoms in total. The highest BCUT2D eigenvalue weighted by Gasteiger charge is 2.32. The Bertz CT molecular complexity index is 462. The third-order valence-electron chi connectivity index (χ3n) is 3.63. The molecule has 0 aliphatic rings. The number of rotatable bonds is 9. The average Bonchev–Trinajstić information content (AvgIpc) is 2.76. The second-order valence-electron chi connectivity index (χ2n) is 5.34. The number of hydrogen-bond acceptors (Lipinski definition) is 4. The van der Waals surface area contributed by atoms with Crippen molar-refractivity contribution >= 4 is 17.6 Å². The van der Waals surface area contributed by atoms with Crippen molar-refractivity contribution in [2.75, 3.05) is 13.2 Å². The molecule has 0 bridgehead atoms. The van der Waals surface area contributed by atoms with Crippen molar-refractivity contribution in [2.24, 2.45) is 0 Å². The summed E-state index contributed by atoms with van der Waals surface area (Å²) in [7, 11) is 0. The summed E-state index contributed by atoms with van der Waals surface area (Å²) in [5.74, 6) is -0.176. The molecule has 0 aliphatic heterocycles. The van der Waals surface area contributed by atoms with Gasteiger partial charge in [-0.15, -0.1) is 0 Å². The van der Waals surface area contributed by atoms with Gasteiger partial charge in [0.15, 0.2) is 0 Å². The number of likely N-dealkylation sites (N-methyl/N-ethyl adjacent to an activating group) is 1. The number of unbranched alkanes of at least 4 members (excludes halogenated alkanes) is 1. The second kappa shape index (κ2) is 8.39. The lowest BCUT2D eigenvalue weighted by atomic mass is 9.94. The molecule has 0 amide bonds. The van der Waals surface area contributed by atoms with Crippen molar-refractivity contribution < 1.29 is 9.53 Å². The summed E-state index contributed by atoms with van der Waals surface area (Å²) in [6, 6.07) is 0. The molecule has 1 aromatic rings. The summed E-state index contributed by atoms with van der Waals surface area (Å²) < 4.78 is 7.06. The summed E-state index contributed by atoms with van der Waals surface area (Å²) in [5.41, 5.74) is 0.373. The van der Waals surface area contributed by atoms with Crippen molar-refractivity contribution in [2.45, 2.75) is 59.0 Å². The summed E-state index contributed by atoms with van der Waals surface area (Å²) in [6.07, 6.45) is 4.27. The third kappa shape index (κ3) is 5.00. The highest BCUT2D eigenvalue weighted by atomic mass is 35.5. The molecule has 0 spiro atoms. The van der Waals surface area contributed by atoms with Gasteiger partial charge in [0.25, 0.3) is 0 Å². The Balaban J connectivity index is 2.47. The number of nitrogens with one attached hydrogen (secondary N) is 1. The molecule has 1 atom stereocenters. The number of hydrogen-bond donors (Lipinski definition) is 1. The molecular formula is C15H26ClN3O2. The van der Waals surface area contributed by atoms with Crippen molar-refractivity contribution in [3.63, 3.8) is 0 Å². The number of carbonyl (C=O) groups is 1. The summed E-state index contributed by atoms with van der Waals surface area (Å²) in [6.45, 7) is 9.64. The van der Waals surface area contributed by atoms with Gasteiger partial charge in [0, 0.05) is 6.54 Å². The molecule has 1 unspecified atom stereocenters. The van der Waals surface area contributed by atoms with Crippen LogP contribution in [0.25, 0.3) is 0 Å². The maximum Gasteiger partial charge on any atom is 0.326 e. The van der Waals surface area contributed by atoms with Crippen molar-refractivity contribution in [3.05, 3.63) is 16.9 Å². The van der Waals surface area contributed by atoms with Gasteiger partial charge >= 0.3 is 5.97 Å². The Labute approximate surface area is 132 Å². The molecule has 6 heteroatoms. The molecule has 120 valence electrons. The maximum atomic E-state index is 12.1. The highest BCUT2D eigenvalue weighted by Crippen LogP contribution is 2.18. The standard InChI is InChI=1S/C15H26ClN3O2/c1-5-17-15(4,14(20)21-6-2)9-7-8-10-19-12(3)13(16)11-18-19/h11,17H,5-10H2,1-4H3. The van der Waals surface area contributed by atoms with Crippen molar-refractivity contribution in [1.82, 2.24) is 15.1 Å². The van der Waals surface area contributed by atoms with Gasteiger partial charge in [0.2, 0.25) is 0 Å². The maximum absolute atomic E-state index is 12.1. The fourth-order valence-electron chi connectivity index (χ4n) is 2.33. The van der Waals surface area contributed by atoms with E-state index in [0.29, 0.717) is 11.6 Å². The Hall–Kier alpha value is -1.07. The number of esters is 1. The molecular weight excluding hydrogens is 290 g/mol. The van der Waals surface area contributed by atoms with Crippen LogP contribution in [-0.4, -0.2) is 34.4 Å². The first kappa shape index (κ1) is 18.0. The van der Waals surface area contributed by atoms with E-state index >= 15 is 0 Å². The van der Waals surface area contributed by atoms with E-state index in [4.69, 9.17) is 16.3 Å². The average molecular weight is 316 g/mol. The van der Waals surface area contributed by atoms with E-state index in [1.807, 2.05) is 32.4 Å². The number of aromatic nitrogens is 2. The summed E-state index contributed by atoms with van der Waals surface area (Å²) in [4.78, 5) is 12.1. The molecule has 0 saturated heterocycles. The van der Waals surface area contributed by atoms with Gasteiger partial charge in [-0.05, 0) is 46.6 Å². The number of nitrogens with zero attached hydrogens (tertiary/aromatic N) is 2. The van der Waals surface area contributed by atoms with Crippen LogP contribution in [0.2, 0.25) is 5.02 Å². The van der Waals surface area contributed by atoms with Crippen LogP contribution < -0.4 is 5.32 Å². The molecule has 1 heterocycles. The van der Waals surface area contributed by atoms with Crippen LogP contribution >= 0.6 is 11.6 Å². The van der Waals surface area contributed by atoms with Gasteiger partial charge in [0.1, 0.15) is 5.54 Å². The smallest absolute Gasteiger partial charge is 0.326 e. The van der Waals surface area contributed by atoms with Crippen LogP contribution in [0.5, 0.6) is 0 Å². The fourth-order valence-corrected chi connectivity index (χ4v) is 2.47. The zero-order valence-electron chi connectivity index (χ0n) is 13.4. The van der Waals surface area contributed by atoms with Gasteiger partial charge in [-0.2, -0.15) is 5.10 Å². The first-order chi connectivity index (χ1) is 9.94. The van der Waals surface area contributed by atoms with E-state index in [9.17, 15) is 4.79 Å². The van der Waals surface area contributed by atoms with E-state index < -0.39 is 5.54 Å². The number of halogens is 1. The molecule has 0 radical (unpaired) electrons. The third-order valence-corrected chi connectivity index (χ3v) is 4.00. The monoisotopic (exact) mass is 315 g/mol. The Morgan fingerprint density at radius 3 is 2.71 bits per heavy atom. The molecule has 0 aliphatic carbocycles. The van der Waals surface area contributed by atoms with Crippen LogP contribution in [0.4, 0.5) is 0 Å². The predicted octanol–water partition coefficient (Wildman–Crippen LogP) is 2.95. The molecule has 0 saturated carbocycles. The van der Waals surface area contributed by atoms with Crippen LogP contribution in [0, 0.1) is 6.92 Å². The van der Waals surface area contributed by atoms with Crippen molar-refractivity contribution in [3.8, 4) is 0 Å². The van der Waals surface area contributed by atoms with Gasteiger partial charge in [0.05, 0.1) is 23.5 Å². The van der Waals surface area contributed by atoms with E-state index in [0.717, 1.165) is 38.0 Å². The van der Waals surface area contributed by atoms with Crippen LogP contribution in [0.3, 0.4) is 0 Å². The summed E-state index contributed by atoms with van der Waals surface area (Å²) in [5, 5.41) is 8.16. The Morgan fingerprint density at radius 1 is 1.48 bits per heavy atom. The zero-order valence-corrected chi connectivity index (χ0v) is 14.2. The molecule has 0 aromatic carbocycles. The number of ether oxygens (including phenoxy) is 1. The number of carbonyl (C=O) groups excluding carboxylic acids is 1. The van der Waals surface area contributed by atoms with E-state index in [1.165, 1.54) is 0 Å². The predicted molar refractivity (Wildman–Crippen MR) is 84.5 cm³/mol. The van der Waals surface area contributed by atoms with E-state index in [-0.39, 0.29) is 5.97 Å². The van der Waals surface area contributed by atoms with Crippen LogP contribution in [-0.2, 0) is 16.1 Å². The topological polar surface area (TPSA) is 56.2 Å². The van der Waals surface area contributed by atoms with E-state index in [2.05, 4.69) is 10.4 Å².